The minimum Gasteiger partial charge on any atom is -0.497 e. The molecule has 0 bridgehead atoms. The van der Waals surface area contributed by atoms with Crippen molar-refractivity contribution >= 4 is 6.03 Å². The van der Waals surface area contributed by atoms with Crippen molar-refractivity contribution < 1.29 is 9.53 Å². The summed E-state index contributed by atoms with van der Waals surface area (Å²) in [7, 11) is 1.65. The molecule has 2 N–H and O–H groups in total. The molecule has 0 unspecified atom stereocenters. The van der Waals surface area contributed by atoms with Crippen LogP contribution in [0.4, 0.5) is 4.79 Å². The summed E-state index contributed by atoms with van der Waals surface area (Å²) < 4.78 is 5.18. The fraction of sp³-hybridized carbons (Fsp3) is 0.278. The number of carbonyl (C=O) groups excluding carboxylic acids is 1. The zero-order chi connectivity index (χ0) is 15.8. The highest BCUT2D eigenvalue weighted by atomic mass is 16.5. The van der Waals surface area contributed by atoms with Gasteiger partial charge in [-0.05, 0) is 36.6 Å². The molecule has 0 spiro atoms. The van der Waals surface area contributed by atoms with Crippen LogP contribution in [0.1, 0.15) is 16.7 Å². The van der Waals surface area contributed by atoms with Gasteiger partial charge in [0.15, 0.2) is 0 Å². The van der Waals surface area contributed by atoms with E-state index in [2.05, 4.69) is 10.6 Å². The van der Waals surface area contributed by atoms with Crippen molar-refractivity contribution in [3.05, 3.63) is 65.2 Å². The van der Waals surface area contributed by atoms with Gasteiger partial charge in [0.05, 0.1) is 7.11 Å². The SMILES string of the molecule is COc1cccc(CCNC(=O)NCc2ccc(C)cc2)c1. The van der Waals surface area contributed by atoms with E-state index < -0.39 is 0 Å². The Kier molecular flexibility index (Phi) is 5.83. The molecule has 116 valence electrons. The number of methoxy groups -OCH3 is 1. The van der Waals surface area contributed by atoms with Crippen molar-refractivity contribution in [3.8, 4) is 5.75 Å². The van der Waals surface area contributed by atoms with Crippen molar-refractivity contribution in [2.75, 3.05) is 13.7 Å². The quantitative estimate of drug-likeness (QED) is 0.861. The molecule has 0 saturated carbocycles. The summed E-state index contributed by atoms with van der Waals surface area (Å²) in [5.74, 6) is 0.835. The summed E-state index contributed by atoms with van der Waals surface area (Å²) in [5, 5.41) is 5.71. The molecule has 0 saturated heterocycles. The second kappa shape index (κ2) is 8.08. The topological polar surface area (TPSA) is 50.4 Å². The number of aryl methyl sites for hydroxylation is 1. The number of rotatable bonds is 6. The first-order valence-corrected chi connectivity index (χ1v) is 7.37. The highest BCUT2D eigenvalue weighted by Gasteiger charge is 2.01. The summed E-state index contributed by atoms with van der Waals surface area (Å²) in [6, 6.07) is 15.8. The van der Waals surface area contributed by atoms with Gasteiger partial charge in [-0.15, -0.1) is 0 Å². The largest absolute Gasteiger partial charge is 0.497 e. The lowest BCUT2D eigenvalue weighted by molar-refractivity contribution is 0.240. The van der Waals surface area contributed by atoms with Crippen LogP contribution in [-0.4, -0.2) is 19.7 Å². The number of ether oxygens (including phenoxy) is 1. The summed E-state index contributed by atoms with van der Waals surface area (Å²) >= 11 is 0. The fourth-order valence-corrected chi connectivity index (χ4v) is 2.10. The molecule has 0 aliphatic rings. The molecule has 0 radical (unpaired) electrons. The maximum Gasteiger partial charge on any atom is 0.315 e. The minimum atomic E-state index is -0.150. The van der Waals surface area contributed by atoms with E-state index in [1.165, 1.54) is 5.56 Å². The molecule has 0 heterocycles. The lowest BCUT2D eigenvalue weighted by Gasteiger charge is -2.08. The van der Waals surface area contributed by atoms with Gasteiger partial charge in [0.1, 0.15) is 5.75 Å². The molecule has 2 rings (SSSR count). The number of nitrogens with one attached hydrogen (secondary N) is 2. The van der Waals surface area contributed by atoms with Gasteiger partial charge in [0, 0.05) is 13.1 Å². The maximum absolute atomic E-state index is 11.7. The summed E-state index contributed by atoms with van der Waals surface area (Å²) in [4.78, 5) is 11.7. The average molecular weight is 298 g/mol. The Morgan fingerprint density at radius 2 is 1.82 bits per heavy atom. The number of carbonyl (C=O) groups is 1. The predicted octanol–water partition coefficient (Wildman–Crippen LogP) is 3.05. The van der Waals surface area contributed by atoms with Crippen LogP contribution in [0.15, 0.2) is 48.5 Å². The Morgan fingerprint density at radius 3 is 2.55 bits per heavy atom. The molecule has 2 amide bonds. The van der Waals surface area contributed by atoms with E-state index in [9.17, 15) is 4.79 Å². The second-order valence-corrected chi connectivity index (χ2v) is 5.20. The summed E-state index contributed by atoms with van der Waals surface area (Å²) in [5.41, 5.74) is 3.44. The summed E-state index contributed by atoms with van der Waals surface area (Å²) in [6.45, 7) is 3.17. The molecule has 22 heavy (non-hydrogen) atoms. The molecule has 2 aromatic rings. The molecule has 0 aromatic heterocycles. The molecule has 4 heteroatoms. The normalized spacial score (nSPS) is 10.1. The van der Waals surface area contributed by atoms with Crippen LogP contribution in [0.2, 0.25) is 0 Å². The lowest BCUT2D eigenvalue weighted by atomic mass is 10.1. The molecule has 0 aliphatic carbocycles. The van der Waals surface area contributed by atoms with Crippen LogP contribution < -0.4 is 15.4 Å². The smallest absolute Gasteiger partial charge is 0.315 e. The molecule has 2 aromatic carbocycles. The monoisotopic (exact) mass is 298 g/mol. The van der Waals surface area contributed by atoms with Crippen LogP contribution in [0, 0.1) is 6.92 Å². The van der Waals surface area contributed by atoms with E-state index >= 15 is 0 Å². The Bertz CT molecular complexity index is 609. The Labute approximate surface area is 131 Å². The molecule has 4 nitrogen and oxygen atoms in total. The van der Waals surface area contributed by atoms with Crippen LogP contribution in [-0.2, 0) is 13.0 Å². The van der Waals surface area contributed by atoms with Gasteiger partial charge in [-0.2, -0.15) is 0 Å². The highest BCUT2D eigenvalue weighted by molar-refractivity contribution is 5.73. The van der Waals surface area contributed by atoms with Crippen molar-refractivity contribution in [2.45, 2.75) is 19.9 Å². The van der Waals surface area contributed by atoms with Crippen LogP contribution >= 0.6 is 0 Å². The number of hydrogen-bond acceptors (Lipinski definition) is 2. The van der Waals surface area contributed by atoms with Gasteiger partial charge in [-0.25, -0.2) is 4.79 Å². The fourth-order valence-electron chi connectivity index (χ4n) is 2.10. The molecular weight excluding hydrogens is 276 g/mol. The average Bonchev–Trinajstić information content (AvgIpc) is 2.54. The third kappa shape index (κ3) is 5.13. The van der Waals surface area contributed by atoms with E-state index in [1.54, 1.807) is 7.11 Å². The van der Waals surface area contributed by atoms with E-state index in [0.717, 1.165) is 23.3 Å². The minimum absolute atomic E-state index is 0.150. The van der Waals surface area contributed by atoms with E-state index in [0.29, 0.717) is 13.1 Å². The molecule has 0 aliphatic heterocycles. The molecular formula is C18H22N2O2. The molecule has 0 atom stereocenters. The Hall–Kier alpha value is -2.49. The zero-order valence-electron chi connectivity index (χ0n) is 13.1. The highest BCUT2D eigenvalue weighted by Crippen LogP contribution is 2.12. The zero-order valence-corrected chi connectivity index (χ0v) is 13.1. The van der Waals surface area contributed by atoms with Crippen molar-refractivity contribution in [3.63, 3.8) is 0 Å². The lowest BCUT2D eigenvalue weighted by Crippen LogP contribution is -2.36. The van der Waals surface area contributed by atoms with Gasteiger partial charge in [-0.1, -0.05) is 42.0 Å². The number of amides is 2. The maximum atomic E-state index is 11.7. The second-order valence-electron chi connectivity index (χ2n) is 5.20. The van der Waals surface area contributed by atoms with Crippen LogP contribution in [0.5, 0.6) is 5.75 Å². The number of hydrogen-bond donors (Lipinski definition) is 2. The van der Waals surface area contributed by atoms with Gasteiger partial charge in [0.25, 0.3) is 0 Å². The first-order valence-electron chi connectivity index (χ1n) is 7.37. The van der Waals surface area contributed by atoms with Crippen molar-refractivity contribution in [2.24, 2.45) is 0 Å². The standard InChI is InChI=1S/C18H22N2O2/c1-14-6-8-16(9-7-14)13-20-18(21)19-11-10-15-4-3-5-17(12-15)22-2/h3-9,12H,10-11,13H2,1-2H3,(H2,19,20,21). The third-order valence-electron chi connectivity index (χ3n) is 3.41. The van der Waals surface area contributed by atoms with Gasteiger partial charge < -0.3 is 15.4 Å². The van der Waals surface area contributed by atoms with E-state index in [-0.39, 0.29) is 6.03 Å². The first kappa shape index (κ1) is 15.9. The van der Waals surface area contributed by atoms with Crippen molar-refractivity contribution in [1.29, 1.82) is 0 Å². The van der Waals surface area contributed by atoms with Gasteiger partial charge in [0.2, 0.25) is 0 Å². The number of urea groups is 1. The number of benzene rings is 2. The van der Waals surface area contributed by atoms with Crippen LogP contribution in [0.3, 0.4) is 0 Å². The van der Waals surface area contributed by atoms with Gasteiger partial charge >= 0.3 is 6.03 Å². The summed E-state index contributed by atoms with van der Waals surface area (Å²) in [6.07, 6.45) is 0.773. The third-order valence-corrected chi connectivity index (χ3v) is 3.41. The van der Waals surface area contributed by atoms with Gasteiger partial charge in [-0.3, -0.25) is 0 Å². The van der Waals surface area contributed by atoms with E-state index in [4.69, 9.17) is 4.74 Å². The Morgan fingerprint density at radius 1 is 1.05 bits per heavy atom. The first-order chi connectivity index (χ1) is 10.7. The predicted molar refractivity (Wildman–Crippen MR) is 88.1 cm³/mol. The van der Waals surface area contributed by atoms with Crippen molar-refractivity contribution in [1.82, 2.24) is 10.6 Å². The Balaban J connectivity index is 1.70. The van der Waals surface area contributed by atoms with E-state index in [1.807, 2.05) is 55.5 Å². The van der Waals surface area contributed by atoms with Crippen LogP contribution in [0.25, 0.3) is 0 Å². The molecule has 0 fully saturated rings.